The summed E-state index contributed by atoms with van der Waals surface area (Å²) < 4.78 is 0. The number of hydrogen-bond donors (Lipinski definition) is 1. The van der Waals surface area contributed by atoms with Gasteiger partial charge in [0.25, 0.3) is 5.91 Å². The molecule has 1 heterocycles. The number of nitrogens with zero attached hydrogens (tertiary/aromatic N) is 1. The molecule has 6 heteroatoms. The standard InChI is InChI=1S/C30H28N2O2SSi/c1-23-21-25(32-29(33)22-31-30(32)34)18-17-24(23)19-20-35-36(26-11-5-2-6-12-26,27-13-7-3-8-14-27)28-15-9-4-10-16-28/h2-18,21H,19-20,22H2,1H3,(H,31,34). The Morgan fingerprint density at radius 1 is 0.778 bits per heavy atom. The second-order valence-electron chi connectivity index (χ2n) is 8.88. The van der Waals surface area contributed by atoms with Crippen LogP contribution in [0.4, 0.5) is 10.5 Å². The molecule has 1 aliphatic heterocycles. The van der Waals surface area contributed by atoms with Crippen LogP contribution in [0.3, 0.4) is 0 Å². The van der Waals surface area contributed by atoms with Crippen LogP contribution in [0.25, 0.3) is 0 Å². The van der Waals surface area contributed by atoms with E-state index in [-0.39, 0.29) is 18.5 Å². The smallest absolute Gasteiger partial charge is 0.328 e. The van der Waals surface area contributed by atoms with E-state index in [0.29, 0.717) is 5.69 Å². The van der Waals surface area contributed by atoms with Crippen molar-refractivity contribution in [2.24, 2.45) is 0 Å². The molecule has 4 aromatic rings. The molecular formula is C30H28N2O2SSi. The molecule has 1 aliphatic rings. The molecule has 0 saturated carbocycles. The summed E-state index contributed by atoms with van der Waals surface area (Å²) in [6, 6.07) is 38.3. The Morgan fingerprint density at radius 3 is 1.75 bits per heavy atom. The monoisotopic (exact) mass is 508 g/mol. The molecule has 4 aromatic carbocycles. The minimum absolute atomic E-state index is 0.0570. The van der Waals surface area contributed by atoms with Crippen LogP contribution in [0, 0.1) is 6.92 Å². The molecule has 4 nitrogen and oxygen atoms in total. The average molecular weight is 509 g/mol. The number of rotatable bonds is 8. The fourth-order valence-corrected chi connectivity index (χ4v) is 12.9. The van der Waals surface area contributed by atoms with Gasteiger partial charge in [-0.15, -0.1) is 0 Å². The van der Waals surface area contributed by atoms with Crippen molar-refractivity contribution in [3.63, 3.8) is 0 Å². The van der Waals surface area contributed by atoms with Gasteiger partial charge in [0.15, 0.2) is 0 Å². The summed E-state index contributed by atoms with van der Waals surface area (Å²) >= 11 is 2.07. The van der Waals surface area contributed by atoms with Crippen molar-refractivity contribution in [2.75, 3.05) is 17.2 Å². The van der Waals surface area contributed by atoms with Crippen LogP contribution in [0.1, 0.15) is 11.1 Å². The topological polar surface area (TPSA) is 49.4 Å². The first-order chi connectivity index (χ1) is 17.6. The zero-order valence-electron chi connectivity index (χ0n) is 20.2. The molecule has 180 valence electrons. The molecule has 0 atom stereocenters. The molecule has 0 radical (unpaired) electrons. The Hall–Kier alpha value is -3.61. The predicted molar refractivity (Wildman–Crippen MR) is 152 cm³/mol. The summed E-state index contributed by atoms with van der Waals surface area (Å²) in [5.41, 5.74) is 2.95. The summed E-state index contributed by atoms with van der Waals surface area (Å²) in [5.74, 6) is 0.737. The van der Waals surface area contributed by atoms with Crippen LogP contribution in [0.2, 0.25) is 0 Å². The Bertz CT molecular complexity index is 1250. The molecule has 0 bridgehead atoms. The predicted octanol–water partition coefficient (Wildman–Crippen LogP) is 3.99. The van der Waals surface area contributed by atoms with Crippen LogP contribution in [-0.4, -0.2) is 31.5 Å². The number of amides is 3. The van der Waals surface area contributed by atoms with Gasteiger partial charge in [0.05, 0.1) is 12.2 Å². The number of urea groups is 1. The van der Waals surface area contributed by atoms with Gasteiger partial charge in [-0.25, -0.2) is 9.69 Å². The SMILES string of the molecule is Cc1cc(N2C(=O)CNC2=O)ccc1CCS[Si](c1ccccc1)(c1ccccc1)c1ccccc1. The van der Waals surface area contributed by atoms with E-state index < -0.39 is 7.22 Å². The number of carbonyl (C=O) groups is 2. The second-order valence-corrected chi connectivity index (χ2v) is 15.4. The molecule has 1 N–H and O–H groups in total. The van der Waals surface area contributed by atoms with E-state index in [1.54, 1.807) is 0 Å². The van der Waals surface area contributed by atoms with Crippen LogP contribution < -0.4 is 25.8 Å². The third kappa shape index (κ3) is 4.62. The first kappa shape index (κ1) is 24.1. The largest absolute Gasteiger partial charge is 0.329 e. The maximum absolute atomic E-state index is 12.1. The summed E-state index contributed by atoms with van der Waals surface area (Å²) in [4.78, 5) is 25.4. The first-order valence-corrected chi connectivity index (χ1v) is 15.8. The van der Waals surface area contributed by atoms with Gasteiger partial charge in [-0.05, 0) is 57.9 Å². The summed E-state index contributed by atoms with van der Waals surface area (Å²) in [5, 5.41) is 6.75. The van der Waals surface area contributed by atoms with Gasteiger partial charge in [-0.2, -0.15) is 11.2 Å². The summed E-state index contributed by atoms with van der Waals surface area (Å²) in [6.07, 6.45) is 0.901. The molecule has 0 unspecified atom stereocenters. The van der Waals surface area contributed by atoms with Crippen LogP contribution >= 0.6 is 11.2 Å². The maximum Gasteiger partial charge on any atom is 0.329 e. The highest BCUT2D eigenvalue weighted by atomic mass is 32.4. The van der Waals surface area contributed by atoms with E-state index in [2.05, 4.69) is 121 Å². The highest BCUT2D eigenvalue weighted by Gasteiger charge is 2.40. The lowest BCUT2D eigenvalue weighted by Gasteiger charge is -2.33. The van der Waals surface area contributed by atoms with Crippen molar-refractivity contribution in [1.82, 2.24) is 5.32 Å². The number of hydrogen-bond acceptors (Lipinski definition) is 3. The molecule has 0 aromatic heterocycles. The van der Waals surface area contributed by atoms with Crippen molar-refractivity contribution in [3.8, 4) is 0 Å². The quantitative estimate of drug-likeness (QED) is 0.222. The molecule has 0 spiro atoms. The summed E-state index contributed by atoms with van der Waals surface area (Å²) in [6.45, 7) is 2.11. The highest BCUT2D eigenvalue weighted by Crippen LogP contribution is 2.26. The number of aryl methyl sites for hydroxylation is 2. The molecule has 36 heavy (non-hydrogen) atoms. The van der Waals surface area contributed by atoms with Gasteiger partial charge in [0.2, 0.25) is 7.22 Å². The molecule has 0 aliphatic carbocycles. The zero-order chi connectivity index (χ0) is 25.0. The van der Waals surface area contributed by atoms with E-state index >= 15 is 0 Å². The van der Waals surface area contributed by atoms with Gasteiger partial charge >= 0.3 is 6.03 Å². The van der Waals surface area contributed by atoms with Gasteiger partial charge < -0.3 is 5.32 Å². The number of nitrogens with one attached hydrogen (secondary N) is 1. The number of carbonyl (C=O) groups excluding carboxylic acids is 2. The highest BCUT2D eigenvalue weighted by molar-refractivity contribution is 8.33. The van der Waals surface area contributed by atoms with Crippen molar-refractivity contribution >= 4 is 51.6 Å². The Morgan fingerprint density at radius 2 is 1.31 bits per heavy atom. The molecular weight excluding hydrogens is 480 g/mol. The number of imide groups is 1. The first-order valence-electron chi connectivity index (χ1n) is 12.1. The van der Waals surface area contributed by atoms with Gasteiger partial charge in [-0.1, -0.05) is 97.1 Å². The average Bonchev–Trinajstić information content (AvgIpc) is 3.26. The van der Waals surface area contributed by atoms with Crippen molar-refractivity contribution in [3.05, 3.63) is 120 Å². The van der Waals surface area contributed by atoms with Crippen molar-refractivity contribution in [1.29, 1.82) is 0 Å². The summed E-state index contributed by atoms with van der Waals surface area (Å²) in [7, 11) is -2.33. The Kier molecular flexibility index (Phi) is 7.07. The minimum Gasteiger partial charge on any atom is -0.328 e. The van der Waals surface area contributed by atoms with E-state index in [4.69, 9.17) is 0 Å². The van der Waals surface area contributed by atoms with E-state index in [9.17, 15) is 9.59 Å². The van der Waals surface area contributed by atoms with Gasteiger partial charge in [0, 0.05) is 0 Å². The maximum atomic E-state index is 12.1. The van der Waals surface area contributed by atoms with Crippen LogP contribution in [0.15, 0.2) is 109 Å². The van der Waals surface area contributed by atoms with Gasteiger partial charge in [0.1, 0.15) is 0 Å². The molecule has 1 fully saturated rings. The lowest BCUT2D eigenvalue weighted by molar-refractivity contribution is -0.115. The third-order valence-electron chi connectivity index (χ3n) is 6.66. The molecule has 5 rings (SSSR count). The fraction of sp³-hybridized carbons (Fsp3) is 0.133. The van der Waals surface area contributed by atoms with Crippen molar-refractivity contribution < 1.29 is 9.59 Å². The third-order valence-corrected chi connectivity index (χ3v) is 15.0. The normalized spacial score (nSPS) is 13.6. The van der Waals surface area contributed by atoms with Gasteiger partial charge in [-0.3, -0.25) is 4.79 Å². The molecule has 1 saturated heterocycles. The Balaban J connectivity index is 1.46. The van der Waals surface area contributed by atoms with Crippen LogP contribution in [0.5, 0.6) is 0 Å². The lowest BCUT2D eigenvalue weighted by atomic mass is 10.1. The Labute approximate surface area is 217 Å². The van der Waals surface area contributed by atoms with E-state index in [0.717, 1.165) is 17.7 Å². The minimum atomic E-state index is -2.33. The van der Waals surface area contributed by atoms with Crippen LogP contribution in [-0.2, 0) is 11.2 Å². The fourth-order valence-electron chi connectivity index (χ4n) is 4.87. The number of benzene rings is 4. The second kappa shape index (κ2) is 10.6. The number of anilines is 1. The van der Waals surface area contributed by atoms with Crippen molar-refractivity contribution in [2.45, 2.75) is 13.3 Å². The van der Waals surface area contributed by atoms with E-state index in [1.165, 1.54) is 26.0 Å². The van der Waals surface area contributed by atoms with E-state index in [1.807, 2.05) is 12.1 Å². The molecule has 3 amide bonds. The zero-order valence-corrected chi connectivity index (χ0v) is 22.0. The lowest BCUT2D eigenvalue weighted by Crippen LogP contribution is -2.65.